The number of hydrogen-bond donors (Lipinski definition) is 1. The molecule has 0 unspecified atom stereocenters. The number of nitrogens with one attached hydrogen (secondary N) is 1. The molecule has 192 valence electrons. The van der Waals surface area contributed by atoms with E-state index in [2.05, 4.69) is 20.5 Å². The first-order valence-corrected chi connectivity index (χ1v) is 12.9. The second-order valence-electron chi connectivity index (χ2n) is 8.89. The Morgan fingerprint density at radius 1 is 1.23 bits per heavy atom. The van der Waals surface area contributed by atoms with Gasteiger partial charge in [0.25, 0.3) is 5.91 Å². The van der Waals surface area contributed by atoms with Crippen LogP contribution in [-0.2, 0) is 27.8 Å². The predicted molar refractivity (Wildman–Crippen MR) is 117 cm³/mol. The van der Waals surface area contributed by atoms with Crippen molar-refractivity contribution < 1.29 is 31.1 Å². The van der Waals surface area contributed by atoms with Gasteiger partial charge in [0.2, 0.25) is 15.0 Å². The topological polar surface area (TPSA) is 119 Å². The molecule has 1 saturated heterocycles. The molecular weight excluding hydrogens is 489 g/mol. The molecule has 14 heteroatoms. The fourth-order valence-corrected chi connectivity index (χ4v) is 5.78. The Hall–Kier alpha value is -2.58. The molecule has 1 aliphatic carbocycles. The number of carbonyl (C=O) groups excluding carboxylic acids is 1. The number of aromatic nitrogens is 4. The van der Waals surface area contributed by atoms with Gasteiger partial charge in [0.1, 0.15) is 11.7 Å². The van der Waals surface area contributed by atoms with Gasteiger partial charge in [-0.05, 0) is 37.8 Å². The summed E-state index contributed by atoms with van der Waals surface area (Å²) in [5.41, 5.74) is -1.18. The van der Waals surface area contributed by atoms with Gasteiger partial charge in [-0.25, -0.2) is 13.4 Å². The summed E-state index contributed by atoms with van der Waals surface area (Å²) in [7, 11) is -2.13. The van der Waals surface area contributed by atoms with Crippen LogP contribution < -0.4 is 5.32 Å². The van der Waals surface area contributed by atoms with Gasteiger partial charge in [0.15, 0.2) is 5.82 Å². The Balaban J connectivity index is 1.61. The molecule has 1 saturated carbocycles. The standard InChI is InChI=1S/C21H27F3N6O4S/c1-13-15(5-6-17(25-13)21(22,23)24)19(31)26-16(11-30-7-9-34-10-8-30)18-27-28-20(29(18)2)35(32,33)12-14-3-4-14/h5-6,14,16H,3-4,7-12H2,1-2H3,(H,26,31)/t16-/m0/s1. The summed E-state index contributed by atoms with van der Waals surface area (Å²) in [5.74, 6) is -0.293. The van der Waals surface area contributed by atoms with E-state index in [1.165, 1.54) is 18.5 Å². The maximum Gasteiger partial charge on any atom is 0.433 e. The third-order valence-electron chi connectivity index (χ3n) is 6.08. The van der Waals surface area contributed by atoms with Crippen LogP contribution in [0.3, 0.4) is 0 Å². The van der Waals surface area contributed by atoms with Crippen LogP contribution in [0.2, 0.25) is 0 Å². The lowest BCUT2D eigenvalue weighted by molar-refractivity contribution is -0.141. The molecular formula is C21H27F3N6O4S. The number of amides is 1. The minimum absolute atomic E-state index is 0.00409. The summed E-state index contributed by atoms with van der Waals surface area (Å²) >= 11 is 0. The monoisotopic (exact) mass is 516 g/mol. The van der Waals surface area contributed by atoms with E-state index in [1.54, 1.807) is 0 Å². The SMILES string of the molecule is Cc1nc(C(F)(F)F)ccc1C(=O)N[C@@H](CN1CCOCC1)c1nnc(S(=O)(=O)CC2CC2)n1C. The first-order chi connectivity index (χ1) is 16.5. The number of aryl methyl sites for hydroxylation is 1. The number of hydrogen-bond acceptors (Lipinski definition) is 8. The second kappa shape index (κ2) is 9.82. The lowest BCUT2D eigenvalue weighted by Crippen LogP contribution is -2.44. The van der Waals surface area contributed by atoms with Crippen molar-refractivity contribution in [3.8, 4) is 0 Å². The Kier molecular flexibility index (Phi) is 7.16. The van der Waals surface area contributed by atoms with Crippen LogP contribution in [0.25, 0.3) is 0 Å². The summed E-state index contributed by atoms with van der Waals surface area (Å²) < 4.78 is 71.2. The molecule has 0 aromatic carbocycles. The number of pyridine rings is 1. The van der Waals surface area contributed by atoms with Crippen molar-refractivity contribution in [2.24, 2.45) is 13.0 Å². The number of nitrogens with zero attached hydrogens (tertiary/aromatic N) is 5. The van der Waals surface area contributed by atoms with Gasteiger partial charge in [0, 0.05) is 26.7 Å². The molecule has 1 amide bonds. The molecule has 2 aromatic heterocycles. The molecule has 1 N–H and O–H groups in total. The van der Waals surface area contributed by atoms with E-state index in [1.807, 2.05) is 4.90 Å². The Bertz CT molecular complexity index is 1190. The maximum absolute atomic E-state index is 13.1. The second-order valence-corrected chi connectivity index (χ2v) is 10.8. The van der Waals surface area contributed by atoms with Crippen molar-refractivity contribution in [1.82, 2.24) is 30.0 Å². The van der Waals surface area contributed by atoms with Crippen LogP contribution in [0, 0.1) is 12.8 Å². The average molecular weight is 517 g/mol. The highest BCUT2D eigenvalue weighted by molar-refractivity contribution is 7.91. The van der Waals surface area contributed by atoms with E-state index < -0.39 is 33.7 Å². The molecule has 2 aromatic rings. The fraction of sp³-hybridized carbons (Fsp3) is 0.619. The number of alkyl halides is 3. The molecule has 35 heavy (non-hydrogen) atoms. The lowest BCUT2D eigenvalue weighted by Gasteiger charge is -2.30. The van der Waals surface area contributed by atoms with Crippen LogP contribution >= 0.6 is 0 Å². The Morgan fingerprint density at radius 3 is 2.51 bits per heavy atom. The van der Waals surface area contributed by atoms with E-state index in [9.17, 15) is 26.4 Å². The van der Waals surface area contributed by atoms with Crippen molar-refractivity contribution in [3.05, 3.63) is 34.9 Å². The van der Waals surface area contributed by atoms with E-state index >= 15 is 0 Å². The summed E-state index contributed by atoms with van der Waals surface area (Å²) in [6.45, 7) is 3.81. The van der Waals surface area contributed by atoms with Gasteiger partial charge in [-0.3, -0.25) is 9.69 Å². The van der Waals surface area contributed by atoms with Crippen molar-refractivity contribution in [2.75, 3.05) is 38.6 Å². The van der Waals surface area contributed by atoms with Gasteiger partial charge < -0.3 is 14.6 Å². The highest BCUT2D eigenvalue weighted by atomic mass is 32.2. The molecule has 1 atom stereocenters. The molecule has 2 aliphatic rings. The first-order valence-electron chi connectivity index (χ1n) is 11.2. The van der Waals surface area contributed by atoms with Crippen molar-refractivity contribution >= 4 is 15.7 Å². The molecule has 0 radical (unpaired) electrons. The number of morpholine rings is 1. The summed E-state index contributed by atoms with van der Waals surface area (Å²) in [5, 5.41) is 10.6. The normalized spacial score (nSPS) is 18.4. The maximum atomic E-state index is 13.1. The average Bonchev–Trinajstić information content (AvgIpc) is 3.49. The number of halogens is 3. The highest BCUT2D eigenvalue weighted by Gasteiger charge is 2.35. The molecule has 2 fully saturated rings. The first kappa shape index (κ1) is 25.5. The Morgan fingerprint density at radius 2 is 1.91 bits per heavy atom. The summed E-state index contributed by atoms with van der Waals surface area (Å²) in [6, 6.07) is 1.06. The molecule has 0 spiro atoms. The van der Waals surface area contributed by atoms with Crippen LogP contribution in [0.1, 0.15) is 46.5 Å². The zero-order chi connectivity index (χ0) is 25.4. The van der Waals surface area contributed by atoms with Crippen LogP contribution in [0.5, 0.6) is 0 Å². The van der Waals surface area contributed by atoms with Crippen LogP contribution in [-0.4, -0.2) is 77.6 Å². The fourth-order valence-electron chi connectivity index (χ4n) is 4.00. The third kappa shape index (κ3) is 5.98. The minimum atomic E-state index is -4.63. The van der Waals surface area contributed by atoms with Crippen molar-refractivity contribution in [1.29, 1.82) is 0 Å². The molecule has 1 aliphatic heterocycles. The lowest BCUT2D eigenvalue weighted by atomic mass is 10.1. The van der Waals surface area contributed by atoms with E-state index in [-0.39, 0.29) is 40.5 Å². The number of ether oxygens (including phenoxy) is 1. The molecule has 4 rings (SSSR count). The Labute approximate surface area is 200 Å². The number of sulfone groups is 1. The summed E-state index contributed by atoms with van der Waals surface area (Å²) in [6.07, 6.45) is -2.90. The molecule has 0 bridgehead atoms. The van der Waals surface area contributed by atoms with Gasteiger partial charge in [-0.2, -0.15) is 13.2 Å². The molecule has 3 heterocycles. The van der Waals surface area contributed by atoms with Crippen LogP contribution in [0.4, 0.5) is 13.2 Å². The van der Waals surface area contributed by atoms with Gasteiger partial charge >= 0.3 is 6.18 Å². The van der Waals surface area contributed by atoms with E-state index in [0.29, 0.717) is 26.3 Å². The minimum Gasteiger partial charge on any atom is -0.379 e. The molecule has 10 nitrogen and oxygen atoms in total. The zero-order valence-corrected chi connectivity index (χ0v) is 20.2. The van der Waals surface area contributed by atoms with Crippen LogP contribution in [0.15, 0.2) is 17.3 Å². The largest absolute Gasteiger partial charge is 0.433 e. The van der Waals surface area contributed by atoms with Crippen molar-refractivity contribution in [2.45, 2.75) is 37.1 Å². The van der Waals surface area contributed by atoms with Gasteiger partial charge in [-0.1, -0.05) is 0 Å². The number of rotatable bonds is 8. The highest BCUT2D eigenvalue weighted by Crippen LogP contribution is 2.32. The smallest absolute Gasteiger partial charge is 0.379 e. The number of carbonyl (C=O) groups is 1. The van der Waals surface area contributed by atoms with E-state index in [4.69, 9.17) is 4.74 Å². The van der Waals surface area contributed by atoms with Gasteiger partial charge in [-0.15, -0.1) is 10.2 Å². The van der Waals surface area contributed by atoms with E-state index in [0.717, 1.165) is 25.0 Å². The summed E-state index contributed by atoms with van der Waals surface area (Å²) in [4.78, 5) is 18.6. The predicted octanol–water partition coefficient (Wildman–Crippen LogP) is 1.52. The quantitative estimate of drug-likeness (QED) is 0.561. The van der Waals surface area contributed by atoms with Crippen molar-refractivity contribution in [3.63, 3.8) is 0 Å². The third-order valence-corrected chi connectivity index (χ3v) is 7.90. The zero-order valence-electron chi connectivity index (χ0n) is 19.4. The van der Waals surface area contributed by atoms with Gasteiger partial charge in [0.05, 0.1) is 30.2 Å².